The number of carbonyl (C=O) groups excluding carboxylic acids is 1. The summed E-state index contributed by atoms with van der Waals surface area (Å²) in [7, 11) is 1.11. The lowest BCUT2D eigenvalue weighted by molar-refractivity contribution is -0.431. The molecule has 0 saturated heterocycles. The summed E-state index contributed by atoms with van der Waals surface area (Å²) in [6.07, 6.45) is 0. The monoisotopic (exact) mass is 374 g/mol. The van der Waals surface area contributed by atoms with E-state index >= 15 is 0 Å². The van der Waals surface area contributed by atoms with Gasteiger partial charge in [0, 0.05) is 16.7 Å². The van der Waals surface area contributed by atoms with Gasteiger partial charge in [0.1, 0.15) is 11.6 Å². The van der Waals surface area contributed by atoms with Gasteiger partial charge in [-0.3, -0.25) is 20.2 Å². The molecule has 12 heteroatoms. The van der Waals surface area contributed by atoms with Crippen molar-refractivity contribution in [2.45, 2.75) is 19.8 Å². The number of ether oxygens (including phenoxy) is 1. The molecule has 0 aliphatic carbocycles. The minimum absolute atomic E-state index is 0.0469. The maximum absolute atomic E-state index is 12.3. The third kappa shape index (κ3) is 3.41. The van der Waals surface area contributed by atoms with Crippen LogP contribution in [0.4, 0.5) is 11.4 Å². The van der Waals surface area contributed by atoms with Crippen LogP contribution in [0, 0.1) is 20.2 Å². The van der Waals surface area contributed by atoms with Gasteiger partial charge in [-0.25, -0.2) is 4.79 Å². The van der Waals surface area contributed by atoms with Crippen molar-refractivity contribution in [2.24, 2.45) is 5.11 Å². The summed E-state index contributed by atoms with van der Waals surface area (Å²) in [6.45, 7) is 2.96. The Morgan fingerprint density at radius 2 is 1.93 bits per heavy atom. The second-order valence-electron chi connectivity index (χ2n) is 5.52. The van der Waals surface area contributed by atoms with Gasteiger partial charge in [0.2, 0.25) is 0 Å². The predicted molar refractivity (Wildman–Crippen MR) is 92.2 cm³/mol. The summed E-state index contributed by atoms with van der Waals surface area (Å²) in [5, 5.41) is 29.1. The van der Waals surface area contributed by atoms with Crippen LogP contribution in [0.15, 0.2) is 46.0 Å². The van der Waals surface area contributed by atoms with E-state index in [1.807, 2.05) is 0 Å². The molecule has 1 aromatic rings. The molecule has 12 nitrogen and oxygen atoms in total. The minimum atomic E-state index is -1.32. The molecule has 0 fully saturated rings. The molecular formula is C15H14N6O6. The maximum atomic E-state index is 12.3. The number of nitrogens with one attached hydrogen (secondary N) is 1. The number of azide groups is 1. The van der Waals surface area contributed by atoms with Crippen molar-refractivity contribution in [3.05, 3.63) is 77.1 Å². The van der Waals surface area contributed by atoms with Crippen LogP contribution < -0.4 is 5.32 Å². The standard InChI is InChI=1S/C15H14N6O6/c1-7-11(15(22)27-3)12(14(21(25)26)8(2)17-7)9-5-4-6-10(20(23)24)13(9)18-19-16/h4-6,12,17H,1-3H3. The minimum Gasteiger partial charge on any atom is -0.466 e. The fourth-order valence-corrected chi connectivity index (χ4v) is 2.99. The van der Waals surface area contributed by atoms with Crippen molar-refractivity contribution in [2.75, 3.05) is 7.11 Å². The summed E-state index contributed by atoms with van der Waals surface area (Å²) in [6, 6.07) is 3.73. The number of carbonyl (C=O) groups is 1. The smallest absolute Gasteiger partial charge is 0.336 e. The van der Waals surface area contributed by atoms with Gasteiger partial charge < -0.3 is 10.1 Å². The highest BCUT2D eigenvalue weighted by atomic mass is 16.6. The first-order valence-electron chi connectivity index (χ1n) is 7.48. The first-order chi connectivity index (χ1) is 12.7. The highest BCUT2D eigenvalue weighted by Crippen LogP contribution is 2.45. The van der Waals surface area contributed by atoms with Gasteiger partial charge in [-0.2, -0.15) is 0 Å². The molecule has 1 heterocycles. The van der Waals surface area contributed by atoms with Gasteiger partial charge in [0.05, 0.1) is 28.2 Å². The molecule has 2 rings (SSSR count). The van der Waals surface area contributed by atoms with Gasteiger partial charge in [0.15, 0.2) is 0 Å². The molecule has 140 valence electrons. The molecule has 0 aromatic heterocycles. The zero-order valence-electron chi connectivity index (χ0n) is 14.5. The molecule has 1 N–H and O–H groups in total. The van der Waals surface area contributed by atoms with Crippen molar-refractivity contribution >= 4 is 17.3 Å². The summed E-state index contributed by atoms with van der Waals surface area (Å²) >= 11 is 0. The molecule has 1 aliphatic rings. The van der Waals surface area contributed by atoms with E-state index in [2.05, 4.69) is 15.3 Å². The van der Waals surface area contributed by atoms with Crippen molar-refractivity contribution in [3.8, 4) is 0 Å². The van der Waals surface area contributed by atoms with Gasteiger partial charge in [-0.05, 0) is 24.9 Å². The number of nitrogens with zero attached hydrogens (tertiary/aromatic N) is 5. The van der Waals surface area contributed by atoms with Gasteiger partial charge in [0.25, 0.3) is 11.4 Å². The number of allylic oxidation sites excluding steroid dienone is 3. The van der Waals surface area contributed by atoms with Gasteiger partial charge in [-0.15, -0.1) is 0 Å². The highest BCUT2D eigenvalue weighted by Gasteiger charge is 2.42. The number of nitro groups is 2. The Bertz CT molecular complexity index is 960. The van der Waals surface area contributed by atoms with Crippen molar-refractivity contribution < 1.29 is 19.4 Å². The Morgan fingerprint density at radius 1 is 1.26 bits per heavy atom. The average molecular weight is 374 g/mol. The van der Waals surface area contributed by atoms with Crippen LogP contribution in [0.2, 0.25) is 0 Å². The van der Waals surface area contributed by atoms with Gasteiger partial charge >= 0.3 is 5.97 Å². The number of hydrogen-bond donors (Lipinski definition) is 1. The zero-order chi connectivity index (χ0) is 20.3. The normalized spacial score (nSPS) is 16.3. The number of dihydropyridines is 1. The third-order valence-corrected chi connectivity index (χ3v) is 4.03. The summed E-state index contributed by atoms with van der Waals surface area (Å²) in [4.78, 5) is 36.4. The molecule has 0 radical (unpaired) electrons. The van der Waals surface area contributed by atoms with E-state index in [-0.39, 0.29) is 22.5 Å². The Morgan fingerprint density at radius 3 is 2.44 bits per heavy atom. The van der Waals surface area contributed by atoms with Crippen LogP contribution in [0.1, 0.15) is 25.3 Å². The fourth-order valence-electron chi connectivity index (χ4n) is 2.99. The Balaban J connectivity index is 2.92. The third-order valence-electron chi connectivity index (χ3n) is 4.03. The maximum Gasteiger partial charge on any atom is 0.336 e. The lowest BCUT2D eigenvalue weighted by Gasteiger charge is -2.26. The van der Waals surface area contributed by atoms with Crippen molar-refractivity contribution in [3.63, 3.8) is 0 Å². The van der Waals surface area contributed by atoms with Crippen LogP contribution in [-0.4, -0.2) is 22.9 Å². The van der Waals surface area contributed by atoms with E-state index in [4.69, 9.17) is 10.3 Å². The van der Waals surface area contributed by atoms with Crippen LogP contribution in [0.25, 0.3) is 10.4 Å². The topological polar surface area (TPSA) is 173 Å². The molecule has 0 amide bonds. The van der Waals surface area contributed by atoms with E-state index < -0.39 is 38.8 Å². The molecule has 0 bridgehead atoms. The fraction of sp³-hybridized carbons (Fsp3) is 0.267. The predicted octanol–water partition coefficient (Wildman–Crippen LogP) is 3.18. The second-order valence-corrected chi connectivity index (χ2v) is 5.52. The molecular weight excluding hydrogens is 360 g/mol. The number of rotatable bonds is 5. The number of esters is 1. The Kier molecular flexibility index (Phi) is 5.42. The van der Waals surface area contributed by atoms with E-state index in [9.17, 15) is 25.0 Å². The molecule has 1 aromatic carbocycles. The van der Waals surface area contributed by atoms with E-state index in [0.29, 0.717) is 0 Å². The lowest BCUT2D eigenvalue weighted by Crippen LogP contribution is -2.31. The molecule has 1 atom stereocenters. The zero-order valence-corrected chi connectivity index (χ0v) is 14.5. The van der Waals surface area contributed by atoms with E-state index in [0.717, 1.165) is 13.2 Å². The van der Waals surface area contributed by atoms with Crippen molar-refractivity contribution in [1.29, 1.82) is 0 Å². The number of methoxy groups -OCH3 is 1. The van der Waals surface area contributed by atoms with Gasteiger partial charge in [-0.1, -0.05) is 17.2 Å². The summed E-state index contributed by atoms with van der Waals surface area (Å²) in [5.41, 5.74) is 7.75. The number of hydrogen-bond acceptors (Lipinski definition) is 8. The Labute approximate surface area is 152 Å². The largest absolute Gasteiger partial charge is 0.466 e. The second kappa shape index (κ2) is 7.54. The van der Waals surface area contributed by atoms with Crippen molar-refractivity contribution in [1.82, 2.24) is 5.32 Å². The number of nitro benzene ring substituents is 1. The van der Waals surface area contributed by atoms with Crippen LogP contribution in [0.5, 0.6) is 0 Å². The molecule has 1 unspecified atom stereocenters. The summed E-state index contributed by atoms with van der Waals surface area (Å²) in [5.74, 6) is -2.18. The van der Waals surface area contributed by atoms with Crippen LogP contribution in [0.3, 0.4) is 0 Å². The van der Waals surface area contributed by atoms with E-state index in [1.165, 1.54) is 26.0 Å². The van der Waals surface area contributed by atoms with Crippen LogP contribution in [-0.2, 0) is 9.53 Å². The molecule has 0 saturated carbocycles. The quantitative estimate of drug-likeness (QED) is 0.205. The van der Waals surface area contributed by atoms with E-state index in [1.54, 1.807) is 0 Å². The molecule has 0 spiro atoms. The summed E-state index contributed by atoms with van der Waals surface area (Å²) < 4.78 is 4.73. The first-order valence-corrected chi connectivity index (χ1v) is 7.48. The first kappa shape index (κ1) is 19.4. The highest BCUT2D eigenvalue weighted by molar-refractivity contribution is 5.93. The SMILES string of the molecule is COC(=O)C1=C(C)NC(C)=C([N+](=O)[O-])C1c1cccc([N+](=O)[O-])c1N=[N+]=[N-]. The molecule has 1 aliphatic heterocycles. The lowest BCUT2D eigenvalue weighted by atomic mass is 9.83. The average Bonchev–Trinajstić information content (AvgIpc) is 2.60. The van der Waals surface area contributed by atoms with Crippen LogP contribution >= 0.6 is 0 Å². The molecule has 27 heavy (non-hydrogen) atoms. The Hall–Kier alpha value is -3.92. The number of benzene rings is 1.